The molecule has 1 atom stereocenters. The van der Waals surface area contributed by atoms with E-state index in [0.717, 1.165) is 18.5 Å². The fourth-order valence-corrected chi connectivity index (χ4v) is 2.38. The molecule has 0 aromatic heterocycles. The van der Waals surface area contributed by atoms with Gasteiger partial charge >= 0.3 is 0 Å². The molecule has 1 fully saturated rings. The second kappa shape index (κ2) is 6.10. The summed E-state index contributed by atoms with van der Waals surface area (Å²) >= 11 is 5.82. The van der Waals surface area contributed by atoms with Gasteiger partial charge in [0, 0.05) is 16.8 Å². The molecule has 0 aliphatic heterocycles. The molecule has 2 rings (SSSR count). The Morgan fingerprint density at radius 1 is 1.28 bits per heavy atom. The van der Waals surface area contributed by atoms with Crippen LogP contribution in [0.5, 0.6) is 0 Å². The number of rotatable bonds is 4. The number of halogens is 1. The van der Waals surface area contributed by atoms with Gasteiger partial charge in [-0.1, -0.05) is 24.4 Å². The van der Waals surface area contributed by atoms with Crippen molar-refractivity contribution in [1.29, 1.82) is 0 Å². The summed E-state index contributed by atoms with van der Waals surface area (Å²) in [5.41, 5.74) is 0.911. The zero-order chi connectivity index (χ0) is 13.0. The average molecular weight is 267 g/mol. The van der Waals surface area contributed by atoms with Crippen LogP contribution in [0.15, 0.2) is 24.3 Å². The molecule has 0 radical (unpaired) electrons. The summed E-state index contributed by atoms with van der Waals surface area (Å²) in [6.45, 7) is 1.87. The van der Waals surface area contributed by atoms with E-state index in [0.29, 0.717) is 11.1 Å². The summed E-state index contributed by atoms with van der Waals surface area (Å²) in [4.78, 5) is 12.0. The first kappa shape index (κ1) is 13.2. The predicted octanol–water partition coefficient (Wildman–Crippen LogP) is 3.20. The molecule has 1 aromatic carbocycles. The Bertz CT molecular complexity index is 399. The van der Waals surface area contributed by atoms with E-state index >= 15 is 0 Å². The summed E-state index contributed by atoms with van der Waals surface area (Å²) in [5, 5.41) is 6.95. The molecule has 18 heavy (non-hydrogen) atoms. The van der Waals surface area contributed by atoms with E-state index in [2.05, 4.69) is 10.6 Å². The van der Waals surface area contributed by atoms with Crippen molar-refractivity contribution < 1.29 is 4.79 Å². The van der Waals surface area contributed by atoms with Crippen molar-refractivity contribution >= 4 is 23.2 Å². The van der Waals surface area contributed by atoms with Crippen molar-refractivity contribution in [3.63, 3.8) is 0 Å². The molecule has 3 nitrogen and oxygen atoms in total. The number of hydrogen-bond donors (Lipinski definition) is 2. The Kier molecular flexibility index (Phi) is 4.48. The first-order chi connectivity index (χ1) is 8.65. The van der Waals surface area contributed by atoms with E-state index < -0.39 is 0 Å². The molecule has 1 aromatic rings. The summed E-state index contributed by atoms with van der Waals surface area (Å²) in [5.74, 6) is 0.0665. The van der Waals surface area contributed by atoms with Gasteiger partial charge in [0.05, 0.1) is 0 Å². The van der Waals surface area contributed by atoms with Crippen LogP contribution >= 0.6 is 11.6 Å². The Morgan fingerprint density at radius 3 is 2.50 bits per heavy atom. The van der Waals surface area contributed by atoms with Crippen LogP contribution in [0.2, 0.25) is 5.02 Å². The second-order valence-electron chi connectivity index (χ2n) is 4.86. The molecule has 2 N–H and O–H groups in total. The lowest BCUT2D eigenvalue weighted by molar-refractivity contribution is -0.122. The summed E-state index contributed by atoms with van der Waals surface area (Å²) < 4.78 is 0. The van der Waals surface area contributed by atoms with Gasteiger partial charge in [-0.15, -0.1) is 0 Å². The van der Waals surface area contributed by atoms with Gasteiger partial charge in [0.1, 0.15) is 6.04 Å². The fourth-order valence-electron chi connectivity index (χ4n) is 2.26. The van der Waals surface area contributed by atoms with Crippen molar-refractivity contribution in [2.24, 2.45) is 0 Å². The third-order valence-corrected chi connectivity index (χ3v) is 3.57. The molecule has 98 valence electrons. The standard InChI is InChI=1S/C14H19ClN2O/c1-10(14(18)17-12-4-2-3-5-12)16-13-8-6-11(15)7-9-13/h6-10,12,16H,2-5H2,1H3,(H,17,18). The summed E-state index contributed by atoms with van der Waals surface area (Å²) in [6.07, 6.45) is 4.67. The van der Waals surface area contributed by atoms with Crippen LogP contribution in [0.4, 0.5) is 5.69 Å². The molecule has 0 heterocycles. The minimum atomic E-state index is -0.230. The maximum atomic E-state index is 12.0. The minimum Gasteiger partial charge on any atom is -0.374 e. The third-order valence-electron chi connectivity index (χ3n) is 3.32. The van der Waals surface area contributed by atoms with Crippen LogP contribution in [0.25, 0.3) is 0 Å². The minimum absolute atomic E-state index is 0.0665. The van der Waals surface area contributed by atoms with Crippen LogP contribution in [0.1, 0.15) is 32.6 Å². The normalized spacial score (nSPS) is 17.4. The van der Waals surface area contributed by atoms with E-state index in [1.165, 1.54) is 12.8 Å². The number of benzene rings is 1. The first-order valence-electron chi connectivity index (χ1n) is 6.47. The lowest BCUT2D eigenvalue weighted by atomic mass is 10.2. The molecule has 1 unspecified atom stereocenters. The van der Waals surface area contributed by atoms with Crippen molar-refractivity contribution in [1.82, 2.24) is 5.32 Å². The van der Waals surface area contributed by atoms with Gasteiger partial charge in [0.25, 0.3) is 0 Å². The zero-order valence-electron chi connectivity index (χ0n) is 10.6. The van der Waals surface area contributed by atoms with Gasteiger partial charge in [0.15, 0.2) is 0 Å². The van der Waals surface area contributed by atoms with Crippen molar-refractivity contribution in [3.05, 3.63) is 29.3 Å². The Labute approximate surface area is 113 Å². The van der Waals surface area contributed by atoms with E-state index in [9.17, 15) is 4.79 Å². The smallest absolute Gasteiger partial charge is 0.242 e. The molecular formula is C14H19ClN2O. The lowest BCUT2D eigenvalue weighted by Gasteiger charge is -2.18. The molecule has 0 spiro atoms. The van der Waals surface area contributed by atoms with Crippen LogP contribution < -0.4 is 10.6 Å². The van der Waals surface area contributed by atoms with Gasteiger partial charge in [0.2, 0.25) is 5.91 Å². The SMILES string of the molecule is CC(Nc1ccc(Cl)cc1)C(=O)NC1CCCC1. The molecule has 1 aliphatic carbocycles. The van der Waals surface area contributed by atoms with Gasteiger partial charge in [-0.05, 0) is 44.0 Å². The van der Waals surface area contributed by atoms with Gasteiger partial charge in [-0.2, -0.15) is 0 Å². The largest absolute Gasteiger partial charge is 0.374 e. The maximum Gasteiger partial charge on any atom is 0.242 e. The molecule has 0 saturated heterocycles. The van der Waals surface area contributed by atoms with E-state index in [-0.39, 0.29) is 11.9 Å². The number of hydrogen-bond acceptors (Lipinski definition) is 2. The van der Waals surface area contributed by atoms with E-state index in [4.69, 9.17) is 11.6 Å². The number of nitrogens with one attached hydrogen (secondary N) is 2. The molecule has 1 saturated carbocycles. The summed E-state index contributed by atoms with van der Waals surface area (Å²) in [7, 11) is 0. The van der Waals surface area contributed by atoms with E-state index in [1.807, 2.05) is 31.2 Å². The Morgan fingerprint density at radius 2 is 1.89 bits per heavy atom. The van der Waals surface area contributed by atoms with Crippen LogP contribution in [0, 0.1) is 0 Å². The van der Waals surface area contributed by atoms with Crippen molar-refractivity contribution in [2.75, 3.05) is 5.32 Å². The highest BCUT2D eigenvalue weighted by Gasteiger charge is 2.20. The molecule has 4 heteroatoms. The second-order valence-corrected chi connectivity index (χ2v) is 5.30. The number of anilines is 1. The third kappa shape index (κ3) is 3.64. The van der Waals surface area contributed by atoms with Crippen LogP contribution in [0.3, 0.4) is 0 Å². The van der Waals surface area contributed by atoms with Crippen LogP contribution in [-0.4, -0.2) is 18.0 Å². The van der Waals surface area contributed by atoms with Gasteiger partial charge < -0.3 is 10.6 Å². The highest BCUT2D eigenvalue weighted by atomic mass is 35.5. The van der Waals surface area contributed by atoms with Gasteiger partial charge in [-0.25, -0.2) is 0 Å². The topological polar surface area (TPSA) is 41.1 Å². The molecule has 1 aliphatic rings. The number of amides is 1. The number of carbonyl (C=O) groups excluding carboxylic acids is 1. The van der Waals surface area contributed by atoms with Crippen LogP contribution in [-0.2, 0) is 4.79 Å². The fraction of sp³-hybridized carbons (Fsp3) is 0.500. The zero-order valence-corrected chi connectivity index (χ0v) is 11.3. The van der Waals surface area contributed by atoms with E-state index in [1.54, 1.807) is 0 Å². The monoisotopic (exact) mass is 266 g/mol. The van der Waals surface area contributed by atoms with Crippen molar-refractivity contribution in [2.45, 2.75) is 44.7 Å². The highest BCUT2D eigenvalue weighted by Crippen LogP contribution is 2.18. The quantitative estimate of drug-likeness (QED) is 0.879. The first-order valence-corrected chi connectivity index (χ1v) is 6.85. The average Bonchev–Trinajstić information content (AvgIpc) is 2.85. The highest BCUT2D eigenvalue weighted by molar-refractivity contribution is 6.30. The Hall–Kier alpha value is -1.22. The molecular weight excluding hydrogens is 248 g/mol. The van der Waals surface area contributed by atoms with Gasteiger partial charge in [-0.3, -0.25) is 4.79 Å². The summed E-state index contributed by atoms with van der Waals surface area (Å²) in [6, 6.07) is 7.51. The van der Waals surface area contributed by atoms with Crippen molar-refractivity contribution in [3.8, 4) is 0 Å². The lowest BCUT2D eigenvalue weighted by Crippen LogP contribution is -2.42. The Balaban J connectivity index is 1.84. The predicted molar refractivity (Wildman–Crippen MR) is 74.9 cm³/mol. The molecule has 1 amide bonds. The number of carbonyl (C=O) groups is 1. The maximum absolute atomic E-state index is 12.0. The molecule has 0 bridgehead atoms.